The average molecular weight is 331 g/mol. The fourth-order valence-electron chi connectivity index (χ4n) is 1.91. The molecule has 2 N–H and O–H groups in total. The summed E-state index contributed by atoms with van der Waals surface area (Å²) in [5.74, 6) is -0.721. The zero-order valence-electron chi connectivity index (χ0n) is 10.1. The highest BCUT2D eigenvalue weighted by molar-refractivity contribution is 9.10. The van der Waals surface area contributed by atoms with E-state index in [9.17, 15) is 14.0 Å². The van der Waals surface area contributed by atoms with E-state index in [0.29, 0.717) is 10.0 Å². The minimum Gasteiger partial charge on any atom is -0.442 e. The van der Waals surface area contributed by atoms with Crippen LogP contribution >= 0.6 is 15.9 Å². The monoisotopic (exact) mass is 330 g/mol. The molecule has 7 heteroatoms. The second-order valence-electron chi connectivity index (χ2n) is 4.18. The number of benzene rings is 1. The van der Waals surface area contributed by atoms with Gasteiger partial charge in [-0.15, -0.1) is 0 Å². The number of carbonyl (C=O) groups is 2. The third-order valence-electron chi connectivity index (χ3n) is 2.74. The van der Waals surface area contributed by atoms with E-state index in [1.54, 1.807) is 12.1 Å². The maximum atomic E-state index is 13.6. The van der Waals surface area contributed by atoms with Gasteiger partial charge in [-0.25, -0.2) is 9.18 Å². The molecule has 1 aromatic carbocycles. The number of amides is 2. The van der Waals surface area contributed by atoms with E-state index in [-0.39, 0.29) is 12.5 Å². The largest absolute Gasteiger partial charge is 0.442 e. The van der Waals surface area contributed by atoms with Crippen LogP contribution in [0.15, 0.2) is 22.7 Å². The molecular formula is C12H12BrFN2O3. The summed E-state index contributed by atoms with van der Waals surface area (Å²) in [6.45, 7) is 1.62. The second-order valence-corrected chi connectivity index (χ2v) is 5.03. The van der Waals surface area contributed by atoms with Crippen molar-refractivity contribution in [3.05, 3.63) is 34.1 Å². The summed E-state index contributed by atoms with van der Waals surface area (Å²) < 4.78 is 18.9. The number of carbonyl (C=O) groups excluding carboxylic acids is 2. The third kappa shape index (κ3) is 3.23. The molecule has 0 aliphatic carbocycles. The summed E-state index contributed by atoms with van der Waals surface area (Å²) in [5, 5.41) is 5.17. The van der Waals surface area contributed by atoms with E-state index in [2.05, 4.69) is 26.6 Å². The Morgan fingerprint density at radius 2 is 2.37 bits per heavy atom. The second kappa shape index (κ2) is 5.56. The van der Waals surface area contributed by atoms with Crippen LogP contribution in [-0.2, 0) is 9.53 Å². The highest BCUT2D eigenvalue weighted by Crippen LogP contribution is 2.25. The van der Waals surface area contributed by atoms with Gasteiger partial charge in [0.2, 0.25) is 5.91 Å². The molecule has 0 aromatic heterocycles. The minimum absolute atomic E-state index is 0.265. The van der Waals surface area contributed by atoms with Crippen molar-refractivity contribution in [1.29, 1.82) is 0 Å². The SMILES string of the molecule is CC(=O)NC(c1ccc(Br)c(F)c1)[C@@H]1CNC(=O)O1. The molecule has 0 bridgehead atoms. The molecule has 102 valence electrons. The van der Waals surface area contributed by atoms with E-state index in [1.807, 2.05) is 0 Å². The van der Waals surface area contributed by atoms with Gasteiger partial charge in [-0.05, 0) is 33.6 Å². The summed E-state index contributed by atoms with van der Waals surface area (Å²) >= 11 is 3.06. The Kier molecular flexibility index (Phi) is 4.04. The predicted octanol–water partition coefficient (Wildman–Crippen LogP) is 1.87. The van der Waals surface area contributed by atoms with Crippen molar-refractivity contribution in [2.24, 2.45) is 0 Å². The Hall–Kier alpha value is -1.63. The quantitative estimate of drug-likeness (QED) is 0.889. The van der Waals surface area contributed by atoms with E-state index >= 15 is 0 Å². The number of halogens is 2. The fraction of sp³-hybridized carbons (Fsp3) is 0.333. The minimum atomic E-state index is -0.584. The van der Waals surface area contributed by atoms with E-state index in [0.717, 1.165) is 0 Å². The lowest BCUT2D eigenvalue weighted by Gasteiger charge is -2.23. The number of ether oxygens (including phenoxy) is 1. The molecular weight excluding hydrogens is 319 g/mol. The summed E-state index contributed by atoms with van der Waals surface area (Å²) in [4.78, 5) is 22.3. The van der Waals surface area contributed by atoms with E-state index < -0.39 is 24.1 Å². The van der Waals surface area contributed by atoms with Crippen LogP contribution in [0.5, 0.6) is 0 Å². The van der Waals surface area contributed by atoms with Crippen molar-refractivity contribution in [1.82, 2.24) is 10.6 Å². The molecule has 1 heterocycles. The summed E-state index contributed by atoms with van der Waals surface area (Å²) in [5.41, 5.74) is 0.539. The van der Waals surface area contributed by atoms with Crippen molar-refractivity contribution in [3.8, 4) is 0 Å². The molecule has 0 radical (unpaired) electrons. The Bertz CT molecular complexity index is 524. The van der Waals surface area contributed by atoms with Crippen molar-refractivity contribution < 1.29 is 18.7 Å². The van der Waals surface area contributed by atoms with E-state index in [1.165, 1.54) is 13.0 Å². The molecule has 2 amide bonds. The number of alkyl carbamates (subject to hydrolysis) is 1. The molecule has 2 rings (SSSR count). The molecule has 5 nitrogen and oxygen atoms in total. The van der Waals surface area contributed by atoms with Crippen LogP contribution in [-0.4, -0.2) is 24.6 Å². The Balaban J connectivity index is 2.28. The summed E-state index contributed by atoms with van der Waals surface area (Å²) in [7, 11) is 0. The first-order valence-corrected chi connectivity index (χ1v) is 6.43. The first-order valence-electron chi connectivity index (χ1n) is 5.64. The molecule has 0 saturated carbocycles. The van der Waals surface area contributed by atoms with Crippen LogP contribution in [0.4, 0.5) is 9.18 Å². The van der Waals surface area contributed by atoms with Crippen molar-refractivity contribution in [3.63, 3.8) is 0 Å². The lowest BCUT2D eigenvalue weighted by molar-refractivity contribution is -0.120. The lowest BCUT2D eigenvalue weighted by Crippen LogP contribution is -2.37. The zero-order chi connectivity index (χ0) is 14.0. The van der Waals surface area contributed by atoms with Crippen LogP contribution in [0.3, 0.4) is 0 Å². The molecule has 1 aliphatic rings. The number of hydrogen-bond acceptors (Lipinski definition) is 3. The molecule has 1 saturated heterocycles. The van der Waals surface area contributed by atoms with Crippen LogP contribution in [0.1, 0.15) is 18.5 Å². The summed E-state index contributed by atoms with van der Waals surface area (Å²) in [6.07, 6.45) is -1.10. The van der Waals surface area contributed by atoms with Gasteiger partial charge in [0.05, 0.1) is 17.1 Å². The van der Waals surface area contributed by atoms with Gasteiger partial charge in [-0.2, -0.15) is 0 Å². The highest BCUT2D eigenvalue weighted by Gasteiger charge is 2.32. The molecule has 1 aliphatic heterocycles. The van der Waals surface area contributed by atoms with Gasteiger partial charge >= 0.3 is 6.09 Å². The maximum Gasteiger partial charge on any atom is 0.407 e. The standard InChI is InChI=1S/C12H12BrFN2O3/c1-6(17)16-11(10-5-15-12(18)19-10)7-2-3-8(13)9(14)4-7/h2-4,10-11H,5H2,1H3,(H,15,18)(H,16,17)/t10-,11?/m0/s1. The molecule has 2 atom stereocenters. The lowest BCUT2D eigenvalue weighted by atomic mass is 10.0. The Labute approximate surface area is 117 Å². The van der Waals surface area contributed by atoms with Crippen LogP contribution in [0, 0.1) is 5.82 Å². The van der Waals surface area contributed by atoms with Crippen molar-refractivity contribution in [2.75, 3.05) is 6.54 Å². The molecule has 1 aromatic rings. The molecule has 1 unspecified atom stereocenters. The molecule has 1 fully saturated rings. The van der Waals surface area contributed by atoms with Crippen molar-refractivity contribution >= 4 is 27.9 Å². The Morgan fingerprint density at radius 1 is 1.63 bits per heavy atom. The normalized spacial score (nSPS) is 19.5. The van der Waals surface area contributed by atoms with Crippen LogP contribution in [0.2, 0.25) is 0 Å². The van der Waals surface area contributed by atoms with Crippen LogP contribution in [0.25, 0.3) is 0 Å². The first kappa shape index (κ1) is 13.8. The van der Waals surface area contributed by atoms with Crippen LogP contribution < -0.4 is 10.6 Å². The van der Waals surface area contributed by atoms with Gasteiger partial charge in [0, 0.05) is 6.92 Å². The van der Waals surface area contributed by atoms with Gasteiger partial charge < -0.3 is 15.4 Å². The van der Waals surface area contributed by atoms with Crippen molar-refractivity contribution in [2.45, 2.75) is 19.1 Å². The van der Waals surface area contributed by atoms with E-state index in [4.69, 9.17) is 4.74 Å². The molecule has 19 heavy (non-hydrogen) atoms. The zero-order valence-corrected chi connectivity index (χ0v) is 11.7. The Morgan fingerprint density at radius 3 is 2.89 bits per heavy atom. The highest BCUT2D eigenvalue weighted by atomic mass is 79.9. The predicted molar refractivity (Wildman–Crippen MR) is 68.9 cm³/mol. The first-order chi connectivity index (χ1) is 8.97. The topological polar surface area (TPSA) is 67.4 Å². The van der Waals surface area contributed by atoms with Gasteiger partial charge in [0.25, 0.3) is 0 Å². The number of hydrogen-bond donors (Lipinski definition) is 2. The maximum absolute atomic E-state index is 13.6. The van der Waals surface area contributed by atoms with Gasteiger partial charge in [-0.3, -0.25) is 4.79 Å². The number of rotatable bonds is 3. The average Bonchev–Trinajstić information content (AvgIpc) is 2.76. The van der Waals surface area contributed by atoms with Gasteiger partial charge in [0.1, 0.15) is 11.9 Å². The van der Waals surface area contributed by atoms with Gasteiger partial charge in [-0.1, -0.05) is 6.07 Å². The fourth-order valence-corrected chi connectivity index (χ4v) is 2.15. The number of nitrogens with one attached hydrogen (secondary N) is 2. The summed E-state index contributed by atoms with van der Waals surface area (Å²) in [6, 6.07) is 3.93. The molecule has 0 spiro atoms. The smallest absolute Gasteiger partial charge is 0.407 e. The van der Waals surface area contributed by atoms with Gasteiger partial charge in [0.15, 0.2) is 0 Å². The third-order valence-corrected chi connectivity index (χ3v) is 3.38. The number of cyclic esters (lactones) is 1.